The molecule has 0 saturated carbocycles. The van der Waals surface area contributed by atoms with E-state index in [4.69, 9.17) is 11.6 Å². The second-order valence-corrected chi connectivity index (χ2v) is 8.92. The summed E-state index contributed by atoms with van der Waals surface area (Å²) < 4.78 is 27.8. The van der Waals surface area contributed by atoms with Gasteiger partial charge in [0.1, 0.15) is 10.0 Å². The molecule has 1 atom stereocenters. The van der Waals surface area contributed by atoms with Crippen molar-refractivity contribution in [2.24, 2.45) is 0 Å². The minimum Gasteiger partial charge on any atom is -0.347 e. The van der Waals surface area contributed by atoms with Gasteiger partial charge in [-0.3, -0.25) is 4.90 Å². The molecule has 1 fully saturated rings. The molecular formula is C13H17ClN4O2S2. The lowest BCUT2D eigenvalue weighted by atomic mass is 10.2. The summed E-state index contributed by atoms with van der Waals surface area (Å²) in [7, 11) is -3.50. The summed E-state index contributed by atoms with van der Waals surface area (Å²) in [5, 5.41) is 0. The van der Waals surface area contributed by atoms with Gasteiger partial charge in [0.2, 0.25) is 0 Å². The van der Waals surface area contributed by atoms with Gasteiger partial charge in [-0.1, -0.05) is 18.5 Å². The van der Waals surface area contributed by atoms with Crippen molar-refractivity contribution in [2.75, 3.05) is 26.2 Å². The molecule has 3 rings (SSSR count). The molecule has 1 aliphatic rings. The third-order valence-electron chi connectivity index (χ3n) is 3.84. The average Bonchev–Trinajstić information content (AvgIpc) is 3.18. The highest BCUT2D eigenvalue weighted by molar-refractivity contribution is 7.91. The minimum absolute atomic E-state index is 0.0565. The molecule has 22 heavy (non-hydrogen) atoms. The smallest absolute Gasteiger partial charge is 0.252 e. The van der Waals surface area contributed by atoms with E-state index in [2.05, 4.69) is 21.8 Å². The Morgan fingerprint density at radius 3 is 2.86 bits per heavy atom. The number of hydrogen-bond donors (Lipinski definition) is 1. The second kappa shape index (κ2) is 6.29. The van der Waals surface area contributed by atoms with E-state index in [9.17, 15) is 8.42 Å². The van der Waals surface area contributed by atoms with Crippen LogP contribution in [-0.2, 0) is 10.0 Å². The zero-order valence-corrected chi connectivity index (χ0v) is 14.5. The zero-order valence-electron chi connectivity index (χ0n) is 12.1. The van der Waals surface area contributed by atoms with E-state index in [1.165, 1.54) is 4.31 Å². The maximum absolute atomic E-state index is 12.7. The first-order valence-electron chi connectivity index (χ1n) is 7.01. The Balaban J connectivity index is 1.87. The lowest BCUT2D eigenvalue weighted by molar-refractivity contribution is 0.119. The molecule has 1 saturated heterocycles. The summed E-state index contributed by atoms with van der Waals surface area (Å²) in [6.07, 6.45) is 3.45. The number of halogens is 1. The molecule has 6 nitrogen and oxygen atoms in total. The average molecular weight is 361 g/mol. The van der Waals surface area contributed by atoms with Crippen LogP contribution in [0.1, 0.15) is 18.8 Å². The highest BCUT2D eigenvalue weighted by Gasteiger charge is 2.36. The van der Waals surface area contributed by atoms with E-state index in [1.807, 2.05) is 0 Å². The van der Waals surface area contributed by atoms with Crippen LogP contribution < -0.4 is 0 Å². The number of rotatable bonds is 4. The van der Waals surface area contributed by atoms with Crippen molar-refractivity contribution in [3.63, 3.8) is 0 Å². The molecule has 0 spiro atoms. The number of likely N-dealkylation sites (N-methyl/N-ethyl adjacent to an activating group) is 1. The highest BCUT2D eigenvalue weighted by Crippen LogP contribution is 2.31. The summed E-state index contributed by atoms with van der Waals surface area (Å²) in [6.45, 7) is 4.46. The van der Waals surface area contributed by atoms with Crippen molar-refractivity contribution in [1.82, 2.24) is 19.2 Å². The summed E-state index contributed by atoms with van der Waals surface area (Å²) in [5.41, 5.74) is 0. The predicted molar refractivity (Wildman–Crippen MR) is 86.7 cm³/mol. The van der Waals surface area contributed by atoms with Crippen LogP contribution in [0.25, 0.3) is 0 Å². The van der Waals surface area contributed by atoms with Crippen molar-refractivity contribution in [2.45, 2.75) is 17.2 Å². The molecule has 0 bridgehead atoms. The summed E-state index contributed by atoms with van der Waals surface area (Å²) in [6, 6.07) is 3.13. The molecule has 0 unspecified atom stereocenters. The van der Waals surface area contributed by atoms with Crippen molar-refractivity contribution in [3.8, 4) is 0 Å². The quantitative estimate of drug-likeness (QED) is 0.907. The van der Waals surface area contributed by atoms with Crippen LogP contribution >= 0.6 is 22.9 Å². The molecule has 2 aromatic rings. The van der Waals surface area contributed by atoms with Crippen LogP contribution in [0, 0.1) is 0 Å². The van der Waals surface area contributed by atoms with Gasteiger partial charge in [-0.2, -0.15) is 4.31 Å². The maximum atomic E-state index is 12.7. The Morgan fingerprint density at radius 2 is 2.27 bits per heavy atom. The molecule has 9 heteroatoms. The lowest BCUT2D eigenvalue weighted by Crippen LogP contribution is -2.50. The molecule has 1 aliphatic heterocycles. The number of piperazine rings is 1. The Bertz CT molecular complexity index is 729. The van der Waals surface area contributed by atoms with E-state index >= 15 is 0 Å². The number of thiophene rings is 1. The van der Waals surface area contributed by atoms with Gasteiger partial charge in [0.05, 0.1) is 10.4 Å². The maximum Gasteiger partial charge on any atom is 0.252 e. The second-order valence-electron chi connectivity index (χ2n) is 5.04. The van der Waals surface area contributed by atoms with Crippen LogP contribution in [0.3, 0.4) is 0 Å². The molecule has 0 amide bonds. The van der Waals surface area contributed by atoms with E-state index in [1.54, 1.807) is 24.5 Å². The number of aromatic amines is 1. The molecule has 0 aromatic carbocycles. The molecular weight excluding hydrogens is 344 g/mol. The van der Waals surface area contributed by atoms with Gasteiger partial charge in [-0.15, -0.1) is 11.3 Å². The first kappa shape index (κ1) is 15.9. The van der Waals surface area contributed by atoms with E-state index < -0.39 is 10.0 Å². The van der Waals surface area contributed by atoms with Gasteiger partial charge in [0.15, 0.2) is 0 Å². The monoisotopic (exact) mass is 360 g/mol. The van der Waals surface area contributed by atoms with Gasteiger partial charge in [0.25, 0.3) is 10.0 Å². The standard InChI is InChI=1S/C13H17ClN4O2S2/c1-2-17-7-8-18(9-10(17)13-15-5-6-16-13)22(19,20)12-4-3-11(14)21-12/h3-6,10H,2,7-9H2,1H3,(H,15,16)/t10-/m0/s1. The molecule has 2 aromatic heterocycles. The topological polar surface area (TPSA) is 69.3 Å². The van der Waals surface area contributed by atoms with Gasteiger partial charge >= 0.3 is 0 Å². The normalized spacial score (nSPS) is 21.3. The van der Waals surface area contributed by atoms with Crippen LogP contribution in [0.4, 0.5) is 0 Å². The molecule has 1 N–H and O–H groups in total. The number of hydrogen-bond acceptors (Lipinski definition) is 5. The van der Waals surface area contributed by atoms with Crippen molar-refractivity contribution < 1.29 is 8.42 Å². The molecule has 120 valence electrons. The Kier molecular flexibility index (Phi) is 4.56. The number of nitrogens with one attached hydrogen (secondary N) is 1. The van der Waals surface area contributed by atoms with Crippen LogP contribution in [0.5, 0.6) is 0 Å². The summed E-state index contributed by atoms with van der Waals surface area (Å²) in [5.74, 6) is 0.797. The molecule has 0 aliphatic carbocycles. The summed E-state index contributed by atoms with van der Waals surface area (Å²) in [4.78, 5) is 9.62. The van der Waals surface area contributed by atoms with Crippen LogP contribution in [0.15, 0.2) is 28.7 Å². The Labute approximate surface area is 138 Å². The number of aromatic nitrogens is 2. The third kappa shape index (κ3) is 2.93. The number of imidazole rings is 1. The number of H-pyrrole nitrogens is 1. The third-order valence-corrected chi connectivity index (χ3v) is 7.40. The van der Waals surface area contributed by atoms with Crippen molar-refractivity contribution >= 4 is 33.0 Å². The lowest BCUT2D eigenvalue weighted by Gasteiger charge is -2.39. The highest BCUT2D eigenvalue weighted by atomic mass is 35.5. The zero-order chi connectivity index (χ0) is 15.7. The fourth-order valence-corrected chi connectivity index (χ4v) is 5.75. The Hall–Kier alpha value is -0.930. The van der Waals surface area contributed by atoms with Crippen LogP contribution in [0.2, 0.25) is 4.34 Å². The molecule has 3 heterocycles. The number of sulfonamides is 1. The first-order valence-corrected chi connectivity index (χ1v) is 9.64. The van der Waals surface area contributed by atoms with E-state index in [-0.39, 0.29) is 6.04 Å². The van der Waals surface area contributed by atoms with Crippen LogP contribution in [-0.4, -0.2) is 53.8 Å². The Morgan fingerprint density at radius 1 is 1.45 bits per heavy atom. The minimum atomic E-state index is -3.50. The van der Waals surface area contributed by atoms with Gasteiger partial charge in [0, 0.05) is 32.0 Å². The van der Waals surface area contributed by atoms with Gasteiger partial charge < -0.3 is 4.98 Å². The molecule has 0 radical (unpaired) electrons. The first-order chi connectivity index (χ1) is 10.5. The van der Waals surface area contributed by atoms with Crippen molar-refractivity contribution in [1.29, 1.82) is 0 Å². The van der Waals surface area contributed by atoms with Gasteiger partial charge in [-0.05, 0) is 18.7 Å². The number of nitrogens with zero attached hydrogens (tertiary/aromatic N) is 3. The fraction of sp³-hybridized carbons (Fsp3) is 0.462. The largest absolute Gasteiger partial charge is 0.347 e. The van der Waals surface area contributed by atoms with E-state index in [0.29, 0.717) is 28.2 Å². The summed E-state index contributed by atoms with van der Waals surface area (Å²) >= 11 is 6.97. The SMILES string of the molecule is CCN1CCN(S(=O)(=O)c2ccc(Cl)s2)C[C@H]1c1ncc[nH]1. The van der Waals surface area contributed by atoms with E-state index in [0.717, 1.165) is 23.7 Å². The predicted octanol–water partition coefficient (Wildman–Crippen LogP) is 2.19. The fourth-order valence-electron chi connectivity index (χ4n) is 2.67. The van der Waals surface area contributed by atoms with Gasteiger partial charge in [-0.25, -0.2) is 13.4 Å². The van der Waals surface area contributed by atoms with Crippen molar-refractivity contribution in [3.05, 3.63) is 34.7 Å².